The summed E-state index contributed by atoms with van der Waals surface area (Å²) < 4.78 is 1.18. The fraction of sp³-hybridized carbons (Fsp3) is 0.176. The first-order valence-corrected chi connectivity index (χ1v) is 8.47. The minimum absolute atomic E-state index is 0.228. The number of halogens is 1. The minimum atomic E-state index is 0.228. The van der Waals surface area contributed by atoms with Crippen LogP contribution in [-0.2, 0) is 0 Å². The van der Waals surface area contributed by atoms with E-state index in [0.29, 0.717) is 0 Å². The monoisotopic (exact) mass is 345 g/mol. The predicted molar refractivity (Wildman–Crippen MR) is 91.5 cm³/mol. The summed E-state index contributed by atoms with van der Waals surface area (Å²) in [5, 5.41) is 10.6. The molecule has 1 unspecified atom stereocenters. The number of hydrogen-bond acceptors (Lipinski definition) is 2. The molecular formula is C17H16BrNS. The second-order valence-electron chi connectivity index (χ2n) is 4.73. The van der Waals surface area contributed by atoms with Gasteiger partial charge in [-0.1, -0.05) is 49.4 Å². The lowest BCUT2D eigenvalue weighted by atomic mass is 9.95. The lowest BCUT2D eigenvalue weighted by Gasteiger charge is -2.20. The zero-order valence-electron chi connectivity index (χ0n) is 11.3. The Hall–Kier alpha value is -1.16. The molecule has 0 fully saturated rings. The van der Waals surface area contributed by atoms with Crippen LogP contribution in [0.15, 0.2) is 57.7 Å². The first kappa shape index (κ1) is 13.8. The van der Waals surface area contributed by atoms with Crippen LogP contribution in [0.2, 0.25) is 0 Å². The van der Waals surface area contributed by atoms with E-state index in [0.717, 1.165) is 6.54 Å². The Balaban J connectivity index is 2.17. The molecule has 1 N–H and O–H groups in total. The molecule has 0 spiro atoms. The van der Waals surface area contributed by atoms with Gasteiger partial charge in [-0.2, -0.15) is 11.3 Å². The lowest BCUT2D eigenvalue weighted by Crippen LogP contribution is -2.22. The fourth-order valence-electron chi connectivity index (χ4n) is 2.59. The number of thiophene rings is 1. The summed E-state index contributed by atoms with van der Waals surface area (Å²) in [6.07, 6.45) is 0. The first-order chi connectivity index (χ1) is 9.81. The predicted octanol–water partition coefficient (Wildman–Crippen LogP) is 5.36. The van der Waals surface area contributed by atoms with E-state index in [4.69, 9.17) is 0 Å². The summed E-state index contributed by atoms with van der Waals surface area (Å²) in [5.74, 6) is 0. The molecule has 1 aromatic heterocycles. The zero-order valence-corrected chi connectivity index (χ0v) is 13.7. The van der Waals surface area contributed by atoms with E-state index in [1.807, 2.05) is 0 Å². The largest absolute Gasteiger partial charge is 0.306 e. The molecule has 0 bridgehead atoms. The summed E-state index contributed by atoms with van der Waals surface area (Å²) in [7, 11) is 0. The molecule has 0 saturated heterocycles. The van der Waals surface area contributed by atoms with E-state index in [2.05, 4.69) is 81.4 Å². The minimum Gasteiger partial charge on any atom is -0.306 e. The van der Waals surface area contributed by atoms with Crippen LogP contribution in [0, 0.1) is 0 Å². The summed E-state index contributed by atoms with van der Waals surface area (Å²) in [6.45, 7) is 3.09. The van der Waals surface area contributed by atoms with Gasteiger partial charge in [0.25, 0.3) is 0 Å². The molecule has 1 heterocycles. The second-order valence-corrected chi connectivity index (χ2v) is 6.33. The maximum atomic E-state index is 3.67. The number of benzene rings is 2. The molecule has 0 saturated carbocycles. The van der Waals surface area contributed by atoms with Crippen LogP contribution in [0.4, 0.5) is 0 Å². The van der Waals surface area contributed by atoms with E-state index in [1.165, 1.54) is 26.4 Å². The average Bonchev–Trinajstić information content (AvgIpc) is 2.90. The van der Waals surface area contributed by atoms with Gasteiger partial charge in [-0.15, -0.1) is 0 Å². The van der Waals surface area contributed by atoms with Gasteiger partial charge in [0.1, 0.15) is 0 Å². The number of fused-ring (bicyclic) bond motifs is 1. The molecule has 0 amide bonds. The Morgan fingerprint density at radius 3 is 2.60 bits per heavy atom. The van der Waals surface area contributed by atoms with Crippen LogP contribution in [0.3, 0.4) is 0 Å². The molecule has 20 heavy (non-hydrogen) atoms. The van der Waals surface area contributed by atoms with Crippen molar-refractivity contribution >= 4 is 38.0 Å². The van der Waals surface area contributed by atoms with Crippen LogP contribution >= 0.6 is 27.3 Å². The molecule has 0 aliphatic carbocycles. The first-order valence-electron chi connectivity index (χ1n) is 6.74. The van der Waals surface area contributed by atoms with Gasteiger partial charge in [0.15, 0.2) is 0 Å². The van der Waals surface area contributed by atoms with Gasteiger partial charge in [0, 0.05) is 9.85 Å². The lowest BCUT2D eigenvalue weighted by molar-refractivity contribution is 0.634. The average molecular weight is 346 g/mol. The summed E-state index contributed by atoms with van der Waals surface area (Å²) >= 11 is 5.40. The highest BCUT2D eigenvalue weighted by atomic mass is 79.9. The van der Waals surface area contributed by atoms with Gasteiger partial charge in [-0.05, 0) is 49.8 Å². The van der Waals surface area contributed by atoms with Crippen molar-refractivity contribution in [2.75, 3.05) is 6.54 Å². The third-order valence-electron chi connectivity index (χ3n) is 3.50. The van der Waals surface area contributed by atoms with Crippen molar-refractivity contribution in [3.05, 3.63) is 68.8 Å². The topological polar surface area (TPSA) is 12.0 Å². The van der Waals surface area contributed by atoms with E-state index in [1.54, 1.807) is 11.3 Å². The van der Waals surface area contributed by atoms with Crippen molar-refractivity contribution < 1.29 is 0 Å². The molecule has 1 nitrogen and oxygen atoms in total. The van der Waals surface area contributed by atoms with Crippen LogP contribution < -0.4 is 5.32 Å². The molecule has 3 rings (SSSR count). The van der Waals surface area contributed by atoms with Crippen LogP contribution in [0.1, 0.15) is 24.1 Å². The maximum absolute atomic E-state index is 3.67. The molecule has 0 aliphatic rings. The van der Waals surface area contributed by atoms with Crippen LogP contribution in [-0.4, -0.2) is 6.54 Å². The standard InChI is InChI=1S/C17H16BrNS/c1-2-19-17(15-10-20-11-16(15)18)14-9-5-7-12-6-3-4-8-13(12)14/h3-11,17,19H,2H2,1H3. The zero-order chi connectivity index (χ0) is 13.9. The van der Waals surface area contributed by atoms with Gasteiger partial charge < -0.3 is 5.32 Å². The van der Waals surface area contributed by atoms with Crippen molar-refractivity contribution in [3.8, 4) is 0 Å². The third-order valence-corrected chi connectivity index (χ3v) is 5.25. The SMILES string of the molecule is CCNC(c1cscc1Br)c1cccc2ccccc12. The summed E-state index contributed by atoms with van der Waals surface area (Å²) in [6, 6.07) is 15.3. The molecular weight excluding hydrogens is 330 g/mol. The number of hydrogen-bond donors (Lipinski definition) is 1. The van der Waals surface area contributed by atoms with Crippen molar-refractivity contribution in [2.24, 2.45) is 0 Å². The van der Waals surface area contributed by atoms with Gasteiger partial charge in [-0.25, -0.2) is 0 Å². The van der Waals surface area contributed by atoms with Crippen LogP contribution in [0.5, 0.6) is 0 Å². The molecule has 0 radical (unpaired) electrons. The highest BCUT2D eigenvalue weighted by molar-refractivity contribution is 9.10. The van der Waals surface area contributed by atoms with Gasteiger partial charge in [-0.3, -0.25) is 0 Å². The molecule has 3 aromatic rings. The van der Waals surface area contributed by atoms with Crippen molar-refractivity contribution in [2.45, 2.75) is 13.0 Å². The Kier molecular flexibility index (Phi) is 4.20. The van der Waals surface area contributed by atoms with E-state index >= 15 is 0 Å². The fourth-order valence-corrected chi connectivity index (χ4v) is 4.14. The third kappa shape index (κ3) is 2.53. The second kappa shape index (κ2) is 6.08. The number of nitrogens with one attached hydrogen (secondary N) is 1. The number of rotatable bonds is 4. The summed E-state index contributed by atoms with van der Waals surface area (Å²) in [4.78, 5) is 0. The molecule has 1 atom stereocenters. The quantitative estimate of drug-likeness (QED) is 0.670. The van der Waals surface area contributed by atoms with Gasteiger partial charge >= 0.3 is 0 Å². The molecule has 102 valence electrons. The van der Waals surface area contributed by atoms with Gasteiger partial charge in [0.2, 0.25) is 0 Å². The maximum Gasteiger partial charge on any atom is 0.0602 e. The molecule has 0 aliphatic heterocycles. The smallest absolute Gasteiger partial charge is 0.0602 e. The van der Waals surface area contributed by atoms with Crippen molar-refractivity contribution in [3.63, 3.8) is 0 Å². The highest BCUT2D eigenvalue weighted by Crippen LogP contribution is 2.34. The Morgan fingerprint density at radius 1 is 1.05 bits per heavy atom. The Morgan fingerprint density at radius 2 is 1.85 bits per heavy atom. The van der Waals surface area contributed by atoms with E-state index in [9.17, 15) is 0 Å². The highest BCUT2D eigenvalue weighted by Gasteiger charge is 2.18. The summed E-state index contributed by atoms with van der Waals surface area (Å²) in [5.41, 5.74) is 2.65. The van der Waals surface area contributed by atoms with E-state index < -0.39 is 0 Å². The Bertz CT molecular complexity index is 714. The molecule has 2 aromatic carbocycles. The van der Waals surface area contributed by atoms with Crippen LogP contribution in [0.25, 0.3) is 10.8 Å². The van der Waals surface area contributed by atoms with Crippen molar-refractivity contribution in [1.29, 1.82) is 0 Å². The van der Waals surface area contributed by atoms with E-state index in [-0.39, 0.29) is 6.04 Å². The normalized spacial score (nSPS) is 12.7. The Labute approximate surface area is 131 Å². The van der Waals surface area contributed by atoms with Gasteiger partial charge in [0.05, 0.1) is 6.04 Å². The van der Waals surface area contributed by atoms with Crippen molar-refractivity contribution in [1.82, 2.24) is 5.32 Å². The molecule has 3 heteroatoms.